The second-order valence-corrected chi connectivity index (χ2v) is 8.75. The van der Waals surface area contributed by atoms with Crippen molar-refractivity contribution in [2.24, 2.45) is 0 Å². The second kappa shape index (κ2) is 8.91. The monoisotopic (exact) mass is 472 g/mol. The Balaban J connectivity index is 1.69. The zero-order valence-electron chi connectivity index (χ0n) is 19.2. The molecule has 0 bridgehead atoms. The normalized spacial score (nSPS) is 17.6. The van der Waals surface area contributed by atoms with Crippen LogP contribution in [0.25, 0.3) is 5.69 Å². The average Bonchev–Trinajstić information content (AvgIpc) is 3.40. The summed E-state index contributed by atoms with van der Waals surface area (Å²) in [4.78, 5) is 6.69. The van der Waals surface area contributed by atoms with E-state index in [-0.39, 0.29) is 17.9 Å². The van der Waals surface area contributed by atoms with Crippen molar-refractivity contribution < 1.29 is 9.13 Å². The highest BCUT2D eigenvalue weighted by molar-refractivity contribution is 7.80. The van der Waals surface area contributed by atoms with Gasteiger partial charge in [-0.1, -0.05) is 6.07 Å². The molecule has 0 spiro atoms. The molecule has 172 valence electrons. The number of ether oxygens (including phenoxy) is 1. The number of nitrogens with zero attached hydrogens (tertiary/aromatic N) is 3. The fourth-order valence-corrected chi connectivity index (χ4v) is 4.93. The molecule has 0 aliphatic carbocycles. The summed E-state index contributed by atoms with van der Waals surface area (Å²) in [6.07, 6.45) is 1.79. The molecule has 0 amide bonds. The van der Waals surface area contributed by atoms with Gasteiger partial charge in [0.05, 0.1) is 18.8 Å². The van der Waals surface area contributed by atoms with Crippen molar-refractivity contribution in [1.82, 2.24) is 14.9 Å². The Morgan fingerprint density at radius 3 is 2.41 bits per heavy atom. The largest absolute Gasteiger partial charge is 0.497 e. The predicted octanol–water partition coefficient (Wildman–Crippen LogP) is 5.81. The molecule has 4 aromatic rings. The van der Waals surface area contributed by atoms with Crippen LogP contribution in [0.3, 0.4) is 0 Å². The molecule has 7 heteroatoms. The minimum atomic E-state index is -0.239. The van der Waals surface area contributed by atoms with Crippen molar-refractivity contribution in [3.8, 4) is 11.4 Å². The molecule has 5 nitrogen and oxygen atoms in total. The zero-order valence-corrected chi connectivity index (χ0v) is 20.0. The summed E-state index contributed by atoms with van der Waals surface area (Å²) in [5, 5.41) is 4.05. The van der Waals surface area contributed by atoms with Crippen molar-refractivity contribution in [2.75, 3.05) is 12.0 Å². The fraction of sp³-hybridized carbons (Fsp3) is 0.185. The molecule has 2 atom stereocenters. The van der Waals surface area contributed by atoms with Gasteiger partial charge in [-0.15, -0.1) is 0 Å². The lowest BCUT2D eigenvalue weighted by molar-refractivity contribution is 0.414. The lowest BCUT2D eigenvalue weighted by Gasteiger charge is -2.29. The number of hydrogen-bond acceptors (Lipinski definition) is 3. The number of hydrogen-bond donors (Lipinski definition) is 1. The van der Waals surface area contributed by atoms with Gasteiger partial charge in [0, 0.05) is 29.0 Å². The smallest absolute Gasteiger partial charge is 0.174 e. The summed E-state index contributed by atoms with van der Waals surface area (Å²) in [6, 6.07) is 22.8. The van der Waals surface area contributed by atoms with Crippen LogP contribution in [0.15, 0.2) is 79.0 Å². The van der Waals surface area contributed by atoms with Crippen LogP contribution in [0.4, 0.5) is 10.1 Å². The van der Waals surface area contributed by atoms with Crippen LogP contribution in [0.2, 0.25) is 0 Å². The number of halogens is 1. The van der Waals surface area contributed by atoms with Crippen LogP contribution >= 0.6 is 12.2 Å². The third-order valence-electron chi connectivity index (χ3n) is 6.26. The molecule has 2 aromatic carbocycles. The lowest BCUT2D eigenvalue weighted by atomic mass is 10.0. The maximum Gasteiger partial charge on any atom is 0.174 e. The molecule has 3 heterocycles. The quantitative estimate of drug-likeness (QED) is 0.371. The maximum absolute atomic E-state index is 14.1. The molecule has 2 aromatic heterocycles. The van der Waals surface area contributed by atoms with Gasteiger partial charge in [-0.25, -0.2) is 4.39 Å². The molecule has 5 rings (SSSR count). The molecule has 0 unspecified atom stereocenters. The van der Waals surface area contributed by atoms with E-state index in [1.807, 2.05) is 48.5 Å². The van der Waals surface area contributed by atoms with Gasteiger partial charge in [0.25, 0.3) is 0 Å². The Kier molecular flexibility index (Phi) is 5.79. The van der Waals surface area contributed by atoms with Gasteiger partial charge in [-0.05, 0) is 98.4 Å². The highest BCUT2D eigenvalue weighted by Gasteiger charge is 2.42. The molecule has 0 saturated carbocycles. The van der Waals surface area contributed by atoms with E-state index >= 15 is 0 Å². The first-order valence-corrected chi connectivity index (χ1v) is 11.5. The summed E-state index contributed by atoms with van der Waals surface area (Å²) in [5.41, 5.74) is 5.45. The molecular weight excluding hydrogens is 447 g/mol. The first-order chi connectivity index (χ1) is 16.5. The lowest BCUT2D eigenvalue weighted by Crippen LogP contribution is -2.30. The Bertz CT molecular complexity index is 1340. The molecule has 1 saturated heterocycles. The number of anilines is 1. The van der Waals surface area contributed by atoms with Crippen molar-refractivity contribution in [3.05, 3.63) is 107 Å². The number of thiocarbonyl (C=S) groups is 1. The van der Waals surface area contributed by atoms with Gasteiger partial charge in [-0.2, -0.15) is 0 Å². The zero-order chi connectivity index (χ0) is 23.8. The standard InChI is InChI=1S/C27H25FN4OS/c1-17-16-20(10-13-22(17)28)32-26(25(30-27(32)34)23-6-4-5-15-29-23)24-14-7-18(2)31(24)19-8-11-21(33-3)12-9-19/h4-16,25-26H,1-3H3,(H,30,34)/t25-,26+/m0/s1. The summed E-state index contributed by atoms with van der Waals surface area (Å²) in [5.74, 6) is 0.561. The Labute approximate surface area is 203 Å². The van der Waals surface area contributed by atoms with Crippen LogP contribution in [0, 0.1) is 19.7 Å². The van der Waals surface area contributed by atoms with Crippen molar-refractivity contribution >= 4 is 23.0 Å². The van der Waals surface area contributed by atoms with E-state index in [1.165, 1.54) is 6.07 Å². The van der Waals surface area contributed by atoms with Crippen LogP contribution in [0.1, 0.15) is 34.7 Å². The van der Waals surface area contributed by atoms with E-state index < -0.39 is 0 Å². The minimum Gasteiger partial charge on any atom is -0.497 e. The second-order valence-electron chi connectivity index (χ2n) is 8.36. The number of aromatic nitrogens is 2. The van der Waals surface area contributed by atoms with Crippen molar-refractivity contribution in [1.29, 1.82) is 0 Å². The average molecular weight is 473 g/mol. The maximum atomic E-state index is 14.1. The molecule has 1 fully saturated rings. The number of nitrogens with one attached hydrogen (secondary N) is 1. The number of benzene rings is 2. The minimum absolute atomic E-state index is 0.189. The first kappa shape index (κ1) is 22.1. The third kappa shape index (κ3) is 3.82. The summed E-state index contributed by atoms with van der Waals surface area (Å²) >= 11 is 5.82. The van der Waals surface area contributed by atoms with Gasteiger partial charge < -0.3 is 19.5 Å². The predicted molar refractivity (Wildman–Crippen MR) is 136 cm³/mol. The third-order valence-corrected chi connectivity index (χ3v) is 6.57. The Morgan fingerprint density at radius 1 is 0.971 bits per heavy atom. The topological polar surface area (TPSA) is 42.3 Å². The van der Waals surface area contributed by atoms with E-state index in [0.717, 1.165) is 34.2 Å². The van der Waals surface area contributed by atoms with Crippen LogP contribution in [-0.2, 0) is 0 Å². The van der Waals surface area contributed by atoms with E-state index in [2.05, 4.69) is 38.8 Å². The molecule has 0 radical (unpaired) electrons. The Morgan fingerprint density at radius 2 is 1.74 bits per heavy atom. The van der Waals surface area contributed by atoms with E-state index in [4.69, 9.17) is 17.0 Å². The SMILES string of the molecule is COc1ccc(-n2c(C)ccc2[C@@H]2[C@H](c3ccccn3)NC(=S)N2c2ccc(F)c(C)c2)cc1. The van der Waals surface area contributed by atoms with Crippen molar-refractivity contribution in [3.63, 3.8) is 0 Å². The molecule has 1 N–H and O–H groups in total. The molecule has 34 heavy (non-hydrogen) atoms. The van der Waals surface area contributed by atoms with Gasteiger partial charge in [0.2, 0.25) is 0 Å². The van der Waals surface area contributed by atoms with E-state index in [9.17, 15) is 4.39 Å². The summed E-state index contributed by atoms with van der Waals surface area (Å²) in [7, 11) is 1.66. The van der Waals surface area contributed by atoms with Gasteiger partial charge in [-0.3, -0.25) is 4.98 Å². The van der Waals surface area contributed by atoms with Crippen LogP contribution in [-0.4, -0.2) is 21.8 Å². The van der Waals surface area contributed by atoms with E-state index in [0.29, 0.717) is 10.7 Å². The number of pyridine rings is 1. The van der Waals surface area contributed by atoms with Crippen LogP contribution < -0.4 is 15.0 Å². The molecular formula is C27H25FN4OS. The highest BCUT2D eigenvalue weighted by atomic mass is 32.1. The van der Waals surface area contributed by atoms with Crippen molar-refractivity contribution in [2.45, 2.75) is 25.9 Å². The Hall–Kier alpha value is -3.71. The molecule has 1 aliphatic rings. The summed E-state index contributed by atoms with van der Waals surface area (Å²) < 4.78 is 21.7. The summed E-state index contributed by atoms with van der Waals surface area (Å²) in [6.45, 7) is 3.84. The molecule has 1 aliphatic heterocycles. The van der Waals surface area contributed by atoms with Gasteiger partial charge in [0.15, 0.2) is 5.11 Å². The van der Waals surface area contributed by atoms with Crippen LogP contribution in [0.5, 0.6) is 5.75 Å². The number of methoxy groups -OCH3 is 1. The first-order valence-electron chi connectivity index (χ1n) is 11.1. The van der Waals surface area contributed by atoms with Gasteiger partial charge in [0.1, 0.15) is 17.6 Å². The van der Waals surface area contributed by atoms with Gasteiger partial charge >= 0.3 is 0 Å². The van der Waals surface area contributed by atoms with E-state index in [1.54, 1.807) is 26.3 Å². The fourth-order valence-electron chi connectivity index (χ4n) is 4.59. The number of rotatable bonds is 5. The number of aryl methyl sites for hydroxylation is 2. The highest BCUT2D eigenvalue weighted by Crippen LogP contribution is 2.43.